The molecule has 1 amide bonds. The summed E-state index contributed by atoms with van der Waals surface area (Å²) in [4.78, 5) is 25.4. The van der Waals surface area contributed by atoms with Crippen molar-refractivity contribution in [2.24, 2.45) is 0 Å². The average Bonchev–Trinajstić information content (AvgIpc) is 2.60. The molecule has 2 rings (SSSR count). The highest BCUT2D eigenvalue weighted by Crippen LogP contribution is 2.14. The zero-order chi connectivity index (χ0) is 19.3. The van der Waals surface area contributed by atoms with Crippen LogP contribution in [0.5, 0.6) is 5.75 Å². The van der Waals surface area contributed by atoms with Gasteiger partial charge in [0.2, 0.25) is 0 Å². The van der Waals surface area contributed by atoms with Crippen LogP contribution in [0.2, 0.25) is 0 Å². The number of benzene rings is 2. The number of hydrogen-bond acceptors (Lipinski definition) is 5. The maximum Gasteiger partial charge on any atom is 0.266 e. The first-order chi connectivity index (χ1) is 12.2. The summed E-state index contributed by atoms with van der Waals surface area (Å²) in [5.41, 5.74) is 2.67. The molecule has 0 bridgehead atoms. The first kappa shape index (κ1) is 19.6. The molecule has 0 atom stereocenters. The van der Waals surface area contributed by atoms with Crippen molar-refractivity contribution in [2.45, 2.75) is 31.8 Å². The summed E-state index contributed by atoms with van der Waals surface area (Å²) in [7, 11) is -4.00. The standard InChI is InChI=1S/C18H20N2O5S/c1-12(2)25-16-9-7-14(8-10-16)18(22)19-20-26(23,24)17-6-4-5-15(11-17)13(3)21/h4-12,20H,1-3H3,(H,19,22). The molecule has 0 spiro atoms. The van der Waals surface area contributed by atoms with Gasteiger partial charge in [-0.25, -0.2) is 8.42 Å². The van der Waals surface area contributed by atoms with Crippen LogP contribution < -0.4 is 15.0 Å². The summed E-state index contributed by atoms with van der Waals surface area (Å²) < 4.78 is 30.0. The number of carbonyl (C=O) groups excluding carboxylic acids is 2. The molecule has 2 aromatic rings. The predicted octanol–water partition coefficient (Wildman–Crippen LogP) is 2.30. The molecule has 0 unspecified atom stereocenters. The van der Waals surface area contributed by atoms with E-state index in [0.717, 1.165) is 0 Å². The number of ether oxygens (including phenoxy) is 1. The topological polar surface area (TPSA) is 102 Å². The second kappa shape index (κ2) is 8.11. The Hall–Kier alpha value is -2.71. The van der Waals surface area contributed by atoms with Gasteiger partial charge in [-0.05, 0) is 57.2 Å². The van der Waals surface area contributed by atoms with Gasteiger partial charge in [-0.3, -0.25) is 15.0 Å². The Labute approximate surface area is 152 Å². The monoisotopic (exact) mass is 376 g/mol. The van der Waals surface area contributed by atoms with E-state index in [0.29, 0.717) is 5.75 Å². The van der Waals surface area contributed by atoms with Crippen LogP contribution >= 0.6 is 0 Å². The Bertz CT molecular complexity index is 905. The number of sulfonamides is 1. The van der Waals surface area contributed by atoms with E-state index < -0.39 is 15.9 Å². The lowest BCUT2D eigenvalue weighted by Crippen LogP contribution is -2.41. The van der Waals surface area contributed by atoms with Crippen molar-refractivity contribution >= 4 is 21.7 Å². The molecule has 7 nitrogen and oxygen atoms in total. The van der Waals surface area contributed by atoms with Gasteiger partial charge >= 0.3 is 0 Å². The lowest BCUT2D eigenvalue weighted by atomic mass is 10.2. The van der Waals surface area contributed by atoms with Crippen LogP contribution in [0.4, 0.5) is 0 Å². The fourth-order valence-electron chi connectivity index (χ4n) is 2.08. The minimum absolute atomic E-state index is 0.00671. The quantitative estimate of drug-likeness (QED) is 0.570. The lowest BCUT2D eigenvalue weighted by molar-refractivity contribution is 0.0944. The molecule has 0 heterocycles. The van der Waals surface area contributed by atoms with E-state index in [9.17, 15) is 18.0 Å². The van der Waals surface area contributed by atoms with Crippen LogP contribution in [0.25, 0.3) is 0 Å². The summed E-state index contributed by atoms with van der Waals surface area (Å²) in [6.07, 6.45) is 0.00671. The van der Waals surface area contributed by atoms with Crippen LogP contribution in [0.1, 0.15) is 41.5 Å². The van der Waals surface area contributed by atoms with E-state index in [2.05, 4.69) is 5.43 Å². The SMILES string of the molecule is CC(=O)c1cccc(S(=O)(=O)NNC(=O)c2ccc(OC(C)C)cc2)c1. The summed E-state index contributed by atoms with van der Waals surface area (Å²) in [6, 6.07) is 11.9. The van der Waals surface area contributed by atoms with E-state index in [1.165, 1.54) is 43.3 Å². The highest BCUT2D eigenvalue weighted by Gasteiger charge is 2.17. The van der Waals surface area contributed by atoms with Gasteiger partial charge in [0.1, 0.15) is 5.75 Å². The van der Waals surface area contributed by atoms with Crippen LogP contribution in [0.3, 0.4) is 0 Å². The van der Waals surface area contributed by atoms with Crippen molar-refractivity contribution in [2.75, 3.05) is 0 Å². The number of rotatable bonds is 7. The van der Waals surface area contributed by atoms with Gasteiger partial charge in [-0.2, -0.15) is 0 Å². The number of carbonyl (C=O) groups is 2. The number of hydrazine groups is 1. The van der Waals surface area contributed by atoms with Gasteiger partial charge in [-0.15, -0.1) is 4.83 Å². The van der Waals surface area contributed by atoms with Crippen molar-refractivity contribution in [3.63, 3.8) is 0 Å². The van der Waals surface area contributed by atoms with Gasteiger partial charge < -0.3 is 4.74 Å². The fourth-order valence-corrected chi connectivity index (χ4v) is 2.97. The van der Waals surface area contributed by atoms with Crippen LogP contribution in [-0.4, -0.2) is 26.2 Å². The third kappa shape index (κ3) is 5.14. The molecule has 0 aliphatic rings. The first-order valence-electron chi connectivity index (χ1n) is 7.89. The lowest BCUT2D eigenvalue weighted by Gasteiger charge is -2.11. The van der Waals surface area contributed by atoms with E-state index in [4.69, 9.17) is 4.74 Å². The second-order valence-corrected chi connectivity index (χ2v) is 7.52. The van der Waals surface area contributed by atoms with Crippen LogP contribution in [0, 0.1) is 0 Å². The van der Waals surface area contributed by atoms with E-state index in [1.807, 2.05) is 18.7 Å². The zero-order valence-electron chi connectivity index (χ0n) is 14.6. The molecule has 0 aliphatic carbocycles. The molecule has 138 valence electrons. The molecule has 0 aliphatic heterocycles. The maximum absolute atomic E-state index is 12.3. The Morgan fingerprint density at radius 3 is 2.23 bits per heavy atom. The molecule has 0 aromatic heterocycles. The van der Waals surface area contributed by atoms with Crippen molar-refractivity contribution in [3.8, 4) is 5.75 Å². The molecule has 2 aromatic carbocycles. The van der Waals surface area contributed by atoms with Crippen LogP contribution in [0.15, 0.2) is 53.4 Å². The number of ketones is 1. The molecule has 2 N–H and O–H groups in total. The predicted molar refractivity (Wildman–Crippen MR) is 96.4 cm³/mol. The maximum atomic E-state index is 12.3. The molecule has 0 fully saturated rings. The largest absolute Gasteiger partial charge is 0.491 e. The van der Waals surface area contributed by atoms with E-state index >= 15 is 0 Å². The Morgan fingerprint density at radius 1 is 1.00 bits per heavy atom. The van der Waals surface area contributed by atoms with Crippen molar-refractivity contribution in [1.29, 1.82) is 0 Å². The number of amides is 1. The van der Waals surface area contributed by atoms with Gasteiger partial charge in [0.15, 0.2) is 5.78 Å². The van der Waals surface area contributed by atoms with E-state index in [1.54, 1.807) is 12.1 Å². The molecule has 26 heavy (non-hydrogen) atoms. The summed E-state index contributed by atoms with van der Waals surface area (Å²) >= 11 is 0. The summed E-state index contributed by atoms with van der Waals surface area (Å²) in [6.45, 7) is 5.11. The molecular formula is C18H20N2O5S. The van der Waals surface area contributed by atoms with Gasteiger partial charge in [-0.1, -0.05) is 12.1 Å². The summed E-state index contributed by atoms with van der Waals surface area (Å²) in [5.74, 6) is -0.264. The van der Waals surface area contributed by atoms with Crippen molar-refractivity contribution in [1.82, 2.24) is 10.3 Å². The smallest absolute Gasteiger partial charge is 0.266 e. The van der Waals surface area contributed by atoms with Crippen molar-refractivity contribution in [3.05, 3.63) is 59.7 Å². The normalized spacial score (nSPS) is 11.2. The average molecular weight is 376 g/mol. The van der Waals surface area contributed by atoms with E-state index in [-0.39, 0.29) is 27.9 Å². The minimum Gasteiger partial charge on any atom is -0.491 e. The molecule has 0 radical (unpaired) electrons. The number of nitrogens with one attached hydrogen (secondary N) is 2. The molecule has 8 heteroatoms. The van der Waals surface area contributed by atoms with Gasteiger partial charge in [0.05, 0.1) is 11.0 Å². The van der Waals surface area contributed by atoms with Crippen LogP contribution in [-0.2, 0) is 10.0 Å². The Morgan fingerprint density at radius 2 is 1.65 bits per heavy atom. The third-order valence-corrected chi connectivity index (χ3v) is 4.58. The minimum atomic E-state index is -4.00. The first-order valence-corrected chi connectivity index (χ1v) is 9.37. The van der Waals surface area contributed by atoms with Gasteiger partial charge in [0, 0.05) is 11.1 Å². The second-order valence-electron chi connectivity index (χ2n) is 5.83. The third-order valence-electron chi connectivity index (χ3n) is 3.34. The number of hydrogen-bond donors (Lipinski definition) is 2. The number of Topliss-reactive ketones (excluding diaryl/α,β-unsaturated/α-hetero) is 1. The van der Waals surface area contributed by atoms with Crippen molar-refractivity contribution < 1.29 is 22.7 Å². The zero-order valence-corrected chi connectivity index (χ0v) is 15.5. The summed E-state index contributed by atoms with van der Waals surface area (Å²) in [5, 5.41) is 0. The fraction of sp³-hybridized carbons (Fsp3) is 0.222. The highest BCUT2D eigenvalue weighted by molar-refractivity contribution is 7.89. The molecular weight excluding hydrogens is 356 g/mol. The molecule has 0 saturated carbocycles. The van der Waals surface area contributed by atoms with Gasteiger partial charge in [0.25, 0.3) is 15.9 Å². The highest BCUT2D eigenvalue weighted by atomic mass is 32.2. The molecule has 0 saturated heterocycles. The Kier molecular flexibility index (Phi) is 6.12. The Balaban J connectivity index is 2.06.